The summed E-state index contributed by atoms with van der Waals surface area (Å²) in [5.74, 6) is 0.279. The summed E-state index contributed by atoms with van der Waals surface area (Å²) in [4.78, 5) is 0. The molecule has 1 aromatic carbocycles. The maximum Gasteiger partial charge on any atom is 0.127 e. The van der Waals surface area contributed by atoms with Crippen molar-refractivity contribution >= 4 is 0 Å². The van der Waals surface area contributed by atoms with Crippen molar-refractivity contribution in [1.29, 1.82) is 0 Å². The molecule has 0 bridgehead atoms. The Balaban J connectivity index is 2.46. The van der Waals surface area contributed by atoms with Crippen molar-refractivity contribution in [3.05, 3.63) is 35.6 Å². The van der Waals surface area contributed by atoms with Gasteiger partial charge in [0.1, 0.15) is 5.82 Å². The predicted octanol–water partition coefficient (Wildman–Crippen LogP) is 2.76. The fourth-order valence-corrected chi connectivity index (χ4v) is 1.66. The Morgan fingerprint density at radius 1 is 1.31 bits per heavy atom. The van der Waals surface area contributed by atoms with Crippen LogP contribution in [0, 0.1) is 11.7 Å². The number of nitrogens with one attached hydrogen (secondary N) is 1. The number of halogens is 1. The first-order chi connectivity index (χ1) is 7.65. The van der Waals surface area contributed by atoms with Crippen LogP contribution in [0.15, 0.2) is 24.3 Å². The highest BCUT2D eigenvalue weighted by atomic mass is 19.1. The SMILES string of the molecule is COCC(C)CN[C@H](C)c1ccccc1F. The fourth-order valence-electron chi connectivity index (χ4n) is 1.66. The van der Waals surface area contributed by atoms with E-state index in [-0.39, 0.29) is 11.9 Å². The van der Waals surface area contributed by atoms with Crippen LogP contribution < -0.4 is 5.32 Å². The average molecular weight is 225 g/mol. The molecule has 0 saturated heterocycles. The van der Waals surface area contributed by atoms with Gasteiger partial charge in [-0.05, 0) is 18.9 Å². The van der Waals surface area contributed by atoms with Gasteiger partial charge in [-0.2, -0.15) is 0 Å². The fraction of sp³-hybridized carbons (Fsp3) is 0.538. The van der Waals surface area contributed by atoms with E-state index < -0.39 is 0 Å². The molecule has 16 heavy (non-hydrogen) atoms. The normalized spacial score (nSPS) is 14.8. The minimum absolute atomic E-state index is 0.0282. The number of ether oxygens (including phenoxy) is 1. The Bertz CT molecular complexity index is 317. The van der Waals surface area contributed by atoms with Crippen molar-refractivity contribution in [1.82, 2.24) is 5.32 Å². The largest absolute Gasteiger partial charge is 0.384 e. The van der Waals surface area contributed by atoms with Gasteiger partial charge in [0.25, 0.3) is 0 Å². The highest BCUT2D eigenvalue weighted by Crippen LogP contribution is 2.16. The van der Waals surface area contributed by atoms with Crippen molar-refractivity contribution in [3.8, 4) is 0 Å². The van der Waals surface area contributed by atoms with Gasteiger partial charge in [0.05, 0.1) is 0 Å². The highest BCUT2D eigenvalue weighted by molar-refractivity contribution is 5.20. The molecule has 1 unspecified atom stereocenters. The van der Waals surface area contributed by atoms with Crippen LogP contribution in [0.1, 0.15) is 25.5 Å². The monoisotopic (exact) mass is 225 g/mol. The summed E-state index contributed by atoms with van der Waals surface area (Å²) in [6, 6.07) is 6.90. The van der Waals surface area contributed by atoms with Gasteiger partial charge in [0.2, 0.25) is 0 Å². The number of hydrogen-bond acceptors (Lipinski definition) is 2. The van der Waals surface area contributed by atoms with E-state index in [1.807, 2.05) is 19.1 Å². The molecule has 0 fully saturated rings. The number of benzene rings is 1. The van der Waals surface area contributed by atoms with E-state index in [1.54, 1.807) is 13.2 Å². The molecule has 3 heteroatoms. The zero-order valence-electron chi connectivity index (χ0n) is 10.2. The minimum Gasteiger partial charge on any atom is -0.384 e. The van der Waals surface area contributed by atoms with E-state index in [4.69, 9.17) is 4.74 Å². The third-order valence-electron chi connectivity index (χ3n) is 2.60. The molecule has 0 aliphatic heterocycles. The maximum atomic E-state index is 13.4. The van der Waals surface area contributed by atoms with Crippen LogP contribution in [0.25, 0.3) is 0 Å². The molecule has 1 rings (SSSR count). The molecule has 1 aromatic rings. The van der Waals surface area contributed by atoms with Crippen LogP contribution in [0.5, 0.6) is 0 Å². The molecule has 0 heterocycles. The van der Waals surface area contributed by atoms with Crippen molar-refractivity contribution in [2.24, 2.45) is 5.92 Å². The third kappa shape index (κ3) is 3.91. The maximum absolute atomic E-state index is 13.4. The first kappa shape index (κ1) is 13.1. The zero-order chi connectivity index (χ0) is 12.0. The van der Waals surface area contributed by atoms with Crippen molar-refractivity contribution in [2.45, 2.75) is 19.9 Å². The van der Waals surface area contributed by atoms with Crippen LogP contribution in [0.4, 0.5) is 4.39 Å². The van der Waals surface area contributed by atoms with Gasteiger partial charge in [0, 0.05) is 31.9 Å². The highest BCUT2D eigenvalue weighted by Gasteiger charge is 2.10. The van der Waals surface area contributed by atoms with Gasteiger partial charge < -0.3 is 10.1 Å². The second-order valence-electron chi connectivity index (χ2n) is 4.21. The van der Waals surface area contributed by atoms with E-state index in [0.717, 1.165) is 13.2 Å². The molecule has 2 nitrogen and oxygen atoms in total. The van der Waals surface area contributed by atoms with Gasteiger partial charge in [-0.15, -0.1) is 0 Å². The van der Waals surface area contributed by atoms with Crippen molar-refractivity contribution < 1.29 is 9.13 Å². The minimum atomic E-state index is -0.151. The molecule has 0 aromatic heterocycles. The Morgan fingerprint density at radius 3 is 2.62 bits per heavy atom. The Hall–Kier alpha value is -0.930. The van der Waals surface area contributed by atoms with E-state index >= 15 is 0 Å². The lowest BCUT2D eigenvalue weighted by Gasteiger charge is -2.18. The van der Waals surface area contributed by atoms with Gasteiger partial charge in [-0.3, -0.25) is 0 Å². The van der Waals surface area contributed by atoms with Crippen molar-refractivity contribution in [3.63, 3.8) is 0 Å². The summed E-state index contributed by atoms with van der Waals surface area (Å²) in [6.45, 7) is 5.61. The smallest absolute Gasteiger partial charge is 0.127 e. The van der Waals surface area contributed by atoms with Crippen LogP contribution in [0.2, 0.25) is 0 Å². The summed E-state index contributed by atoms with van der Waals surface area (Å²) in [7, 11) is 1.69. The summed E-state index contributed by atoms with van der Waals surface area (Å²) in [5, 5.41) is 3.30. The molecule has 0 aliphatic rings. The molecule has 1 N–H and O–H groups in total. The van der Waals surface area contributed by atoms with Crippen LogP contribution in [-0.4, -0.2) is 20.3 Å². The van der Waals surface area contributed by atoms with Crippen LogP contribution in [0.3, 0.4) is 0 Å². The molecule has 0 spiro atoms. The number of hydrogen-bond donors (Lipinski definition) is 1. The molecule has 0 amide bonds. The van der Waals surface area contributed by atoms with Gasteiger partial charge in [-0.25, -0.2) is 4.39 Å². The van der Waals surface area contributed by atoms with E-state index in [0.29, 0.717) is 11.5 Å². The first-order valence-electron chi connectivity index (χ1n) is 5.62. The summed E-state index contributed by atoms with van der Waals surface area (Å²) < 4.78 is 18.5. The summed E-state index contributed by atoms with van der Waals surface area (Å²) in [6.07, 6.45) is 0. The molecule has 0 aliphatic carbocycles. The number of rotatable bonds is 6. The Labute approximate surface area is 96.8 Å². The summed E-state index contributed by atoms with van der Waals surface area (Å²) in [5.41, 5.74) is 0.715. The topological polar surface area (TPSA) is 21.3 Å². The quantitative estimate of drug-likeness (QED) is 0.803. The predicted molar refractivity (Wildman–Crippen MR) is 63.9 cm³/mol. The Morgan fingerprint density at radius 2 is 2.00 bits per heavy atom. The molecular formula is C13H20FNO. The van der Waals surface area contributed by atoms with Crippen LogP contribution >= 0.6 is 0 Å². The average Bonchev–Trinajstić information content (AvgIpc) is 2.27. The van der Waals surface area contributed by atoms with Gasteiger partial charge >= 0.3 is 0 Å². The lowest BCUT2D eigenvalue weighted by atomic mass is 10.1. The Kier molecular flexibility index (Phi) is 5.43. The second-order valence-corrected chi connectivity index (χ2v) is 4.21. The van der Waals surface area contributed by atoms with E-state index in [2.05, 4.69) is 12.2 Å². The zero-order valence-corrected chi connectivity index (χ0v) is 10.2. The molecule has 0 radical (unpaired) electrons. The lowest BCUT2D eigenvalue weighted by molar-refractivity contribution is 0.157. The third-order valence-corrected chi connectivity index (χ3v) is 2.60. The second kappa shape index (κ2) is 6.61. The van der Waals surface area contributed by atoms with E-state index in [1.165, 1.54) is 6.07 Å². The van der Waals surface area contributed by atoms with Crippen molar-refractivity contribution in [2.75, 3.05) is 20.3 Å². The van der Waals surface area contributed by atoms with Gasteiger partial charge in [0.15, 0.2) is 0 Å². The number of methoxy groups -OCH3 is 1. The van der Waals surface area contributed by atoms with E-state index in [9.17, 15) is 4.39 Å². The lowest BCUT2D eigenvalue weighted by Crippen LogP contribution is -2.27. The standard InChI is InChI=1S/C13H20FNO/c1-10(9-16-3)8-15-11(2)12-6-4-5-7-13(12)14/h4-7,10-11,15H,8-9H2,1-3H3/t10?,11-/m1/s1. The molecular weight excluding hydrogens is 205 g/mol. The molecule has 0 saturated carbocycles. The summed E-state index contributed by atoms with van der Waals surface area (Å²) >= 11 is 0. The first-order valence-corrected chi connectivity index (χ1v) is 5.62. The molecule has 2 atom stereocenters. The van der Waals surface area contributed by atoms with Crippen LogP contribution in [-0.2, 0) is 4.74 Å². The van der Waals surface area contributed by atoms with Gasteiger partial charge in [-0.1, -0.05) is 25.1 Å². The molecule has 90 valence electrons.